The molecule has 3 heterocycles. The average Bonchev–Trinajstić information content (AvgIpc) is 3.21. The summed E-state index contributed by atoms with van der Waals surface area (Å²) in [5, 5.41) is 9.70. The summed E-state index contributed by atoms with van der Waals surface area (Å²) >= 11 is 0. The van der Waals surface area contributed by atoms with Gasteiger partial charge in [-0.1, -0.05) is 0 Å². The molecule has 1 aliphatic heterocycles. The van der Waals surface area contributed by atoms with Gasteiger partial charge in [-0.2, -0.15) is 0 Å². The number of aryl methyl sites for hydroxylation is 3. The fraction of sp³-hybridized carbons (Fsp3) is 0.565. The third-order valence-corrected chi connectivity index (χ3v) is 5.19. The molecule has 2 atom stereocenters. The van der Waals surface area contributed by atoms with Gasteiger partial charge in [0, 0.05) is 11.4 Å². The zero-order valence-corrected chi connectivity index (χ0v) is 18.8. The number of rotatable bonds is 5. The fourth-order valence-corrected chi connectivity index (χ4v) is 3.85. The lowest BCUT2D eigenvalue weighted by Crippen LogP contribution is -2.41. The minimum atomic E-state index is -0.577. The number of pyridine rings is 1. The predicted octanol–water partition coefficient (Wildman–Crippen LogP) is 3.68. The van der Waals surface area contributed by atoms with Crippen LogP contribution in [-0.2, 0) is 16.1 Å². The highest BCUT2D eigenvalue weighted by atomic mass is 16.6. The highest BCUT2D eigenvalue weighted by Crippen LogP contribution is 2.24. The Morgan fingerprint density at radius 3 is 2.47 bits per heavy atom. The number of ether oxygens (including phenoxy) is 2. The molecule has 0 aliphatic carbocycles. The van der Waals surface area contributed by atoms with Crippen molar-refractivity contribution in [1.82, 2.24) is 14.5 Å². The van der Waals surface area contributed by atoms with E-state index in [1.807, 2.05) is 33.8 Å². The van der Waals surface area contributed by atoms with Gasteiger partial charge in [0.2, 0.25) is 0 Å². The molecule has 0 spiro atoms. The van der Waals surface area contributed by atoms with Crippen LogP contribution in [0.5, 0.6) is 0 Å². The molecule has 30 heavy (non-hydrogen) atoms. The van der Waals surface area contributed by atoms with Gasteiger partial charge in [-0.15, -0.1) is 0 Å². The summed E-state index contributed by atoms with van der Waals surface area (Å²) in [6.45, 7) is 12.3. The van der Waals surface area contributed by atoms with Crippen molar-refractivity contribution in [3.8, 4) is 5.82 Å². The summed E-state index contributed by atoms with van der Waals surface area (Å²) in [6, 6.07) is 7.94. The van der Waals surface area contributed by atoms with Crippen LogP contribution in [0.15, 0.2) is 24.3 Å². The lowest BCUT2D eigenvalue weighted by atomic mass is 10.2. The zero-order valence-electron chi connectivity index (χ0n) is 18.8. The van der Waals surface area contributed by atoms with E-state index in [9.17, 15) is 9.90 Å². The normalized spacial score (nSPS) is 19.4. The molecule has 3 rings (SSSR count). The SMILES string of the molecule is Cc1cc(CO[C@@H]2C[C@@H](CO)N(C(=O)OC(C)(C)C)C2)nc(-n2c(C)ccc2C)c1. The minimum Gasteiger partial charge on any atom is -0.444 e. The van der Waals surface area contributed by atoms with E-state index >= 15 is 0 Å². The third kappa shape index (κ3) is 5.21. The second kappa shape index (κ2) is 8.78. The van der Waals surface area contributed by atoms with E-state index in [2.05, 4.69) is 36.6 Å². The van der Waals surface area contributed by atoms with Crippen LogP contribution in [0.1, 0.15) is 49.8 Å². The summed E-state index contributed by atoms with van der Waals surface area (Å²) in [4.78, 5) is 18.8. The molecule has 0 radical (unpaired) electrons. The first kappa shape index (κ1) is 22.3. The Hall–Kier alpha value is -2.38. The smallest absolute Gasteiger partial charge is 0.410 e. The van der Waals surface area contributed by atoms with Crippen LogP contribution >= 0.6 is 0 Å². The van der Waals surface area contributed by atoms with Gasteiger partial charge in [0.25, 0.3) is 0 Å². The monoisotopic (exact) mass is 415 g/mol. The van der Waals surface area contributed by atoms with Crippen LogP contribution in [0.3, 0.4) is 0 Å². The van der Waals surface area contributed by atoms with Crippen LogP contribution in [0.25, 0.3) is 5.82 Å². The molecular formula is C23H33N3O4. The average molecular weight is 416 g/mol. The number of likely N-dealkylation sites (tertiary alicyclic amines) is 1. The lowest BCUT2D eigenvalue weighted by molar-refractivity contribution is 0.0118. The van der Waals surface area contributed by atoms with Crippen molar-refractivity contribution in [1.29, 1.82) is 0 Å². The third-order valence-electron chi connectivity index (χ3n) is 5.19. The van der Waals surface area contributed by atoms with Crippen LogP contribution in [-0.4, -0.2) is 56.5 Å². The number of nitrogens with zero attached hydrogens (tertiary/aromatic N) is 3. The lowest BCUT2D eigenvalue weighted by Gasteiger charge is -2.27. The van der Waals surface area contributed by atoms with Gasteiger partial charge in [-0.25, -0.2) is 9.78 Å². The van der Waals surface area contributed by atoms with E-state index in [1.165, 1.54) is 0 Å². The number of amides is 1. The summed E-state index contributed by atoms with van der Waals surface area (Å²) < 4.78 is 13.7. The van der Waals surface area contributed by atoms with Gasteiger partial charge in [0.05, 0.1) is 37.6 Å². The van der Waals surface area contributed by atoms with E-state index < -0.39 is 11.7 Å². The largest absolute Gasteiger partial charge is 0.444 e. The van der Waals surface area contributed by atoms with E-state index in [1.54, 1.807) is 4.90 Å². The first-order valence-corrected chi connectivity index (χ1v) is 10.4. The molecule has 0 unspecified atom stereocenters. The Bertz CT molecular complexity index is 881. The topological polar surface area (TPSA) is 76.8 Å². The molecule has 164 valence electrons. The molecule has 7 nitrogen and oxygen atoms in total. The molecule has 1 fully saturated rings. The maximum atomic E-state index is 12.5. The summed E-state index contributed by atoms with van der Waals surface area (Å²) in [6.07, 6.45) is -0.0119. The molecule has 1 N–H and O–H groups in total. The molecule has 2 aromatic heterocycles. The molecule has 1 aliphatic rings. The number of hydrogen-bond donors (Lipinski definition) is 1. The Balaban J connectivity index is 1.68. The zero-order chi connectivity index (χ0) is 22.1. The molecular weight excluding hydrogens is 382 g/mol. The molecule has 7 heteroatoms. The number of hydrogen-bond acceptors (Lipinski definition) is 5. The van der Waals surface area contributed by atoms with Gasteiger partial charge in [0.15, 0.2) is 0 Å². The Morgan fingerprint density at radius 2 is 1.87 bits per heavy atom. The van der Waals surface area contributed by atoms with Gasteiger partial charge >= 0.3 is 6.09 Å². The number of carbonyl (C=O) groups is 1. The highest BCUT2D eigenvalue weighted by molar-refractivity contribution is 5.69. The molecule has 2 aromatic rings. The van der Waals surface area contributed by atoms with E-state index in [-0.39, 0.29) is 18.8 Å². The molecule has 0 aromatic carbocycles. The minimum absolute atomic E-state index is 0.113. The van der Waals surface area contributed by atoms with Crippen molar-refractivity contribution in [3.05, 3.63) is 46.9 Å². The van der Waals surface area contributed by atoms with Crippen molar-refractivity contribution in [2.75, 3.05) is 13.2 Å². The molecule has 0 saturated carbocycles. The second-order valence-corrected chi connectivity index (χ2v) is 9.08. The van der Waals surface area contributed by atoms with Crippen molar-refractivity contribution >= 4 is 6.09 Å². The van der Waals surface area contributed by atoms with Crippen LogP contribution in [0.4, 0.5) is 4.79 Å². The maximum Gasteiger partial charge on any atom is 0.410 e. The van der Waals surface area contributed by atoms with Crippen molar-refractivity contribution in [2.24, 2.45) is 0 Å². The van der Waals surface area contributed by atoms with Crippen LogP contribution < -0.4 is 0 Å². The van der Waals surface area contributed by atoms with Gasteiger partial charge < -0.3 is 24.0 Å². The van der Waals surface area contributed by atoms with Crippen LogP contribution in [0.2, 0.25) is 0 Å². The quantitative estimate of drug-likeness (QED) is 0.806. The van der Waals surface area contributed by atoms with Crippen molar-refractivity contribution < 1.29 is 19.4 Å². The summed E-state index contributed by atoms with van der Waals surface area (Å²) in [7, 11) is 0. The molecule has 0 bridgehead atoms. The highest BCUT2D eigenvalue weighted by Gasteiger charge is 2.37. The first-order valence-electron chi connectivity index (χ1n) is 10.4. The molecule has 1 saturated heterocycles. The van der Waals surface area contributed by atoms with E-state index in [4.69, 9.17) is 14.5 Å². The Kier molecular flexibility index (Phi) is 6.53. The van der Waals surface area contributed by atoms with Crippen molar-refractivity contribution in [2.45, 2.75) is 72.3 Å². The summed E-state index contributed by atoms with van der Waals surface area (Å²) in [5.41, 5.74) is 3.64. The number of aromatic nitrogens is 2. The van der Waals surface area contributed by atoms with Gasteiger partial charge in [0.1, 0.15) is 11.4 Å². The van der Waals surface area contributed by atoms with Gasteiger partial charge in [-0.05, 0) is 77.8 Å². The standard InChI is InChI=1S/C23H33N3O4/c1-15-9-18(24-21(10-15)26-16(2)7-8-17(26)3)14-29-20-11-19(13-27)25(12-20)22(28)30-23(4,5)6/h7-10,19-20,27H,11-14H2,1-6H3/t19-,20+/m0/s1. The number of carbonyl (C=O) groups excluding carboxylic acids is 1. The van der Waals surface area contributed by atoms with Crippen LogP contribution in [0, 0.1) is 20.8 Å². The second-order valence-electron chi connectivity index (χ2n) is 9.08. The summed E-state index contributed by atoms with van der Waals surface area (Å²) in [5.74, 6) is 0.878. The first-order chi connectivity index (χ1) is 14.1. The maximum absolute atomic E-state index is 12.5. The van der Waals surface area contributed by atoms with Crippen molar-refractivity contribution in [3.63, 3.8) is 0 Å². The predicted molar refractivity (Wildman–Crippen MR) is 115 cm³/mol. The fourth-order valence-electron chi connectivity index (χ4n) is 3.85. The number of aliphatic hydroxyl groups is 1. The Labute approximate surface area is 178 Å². The number of aliphatic hydroxyl groups excluding tert-OH is 1. The van der Waals surface area contributed by atoms with E-state index in [0.29, 0.717) is 19.6 Å². The molecule has 1 amide bonds. The Morgan fingerprint density at radius 1 is 1.20 bits per heavy atom. The van der Waals surface area contributed by atoms with E-state index in [0.717, 1.165) is 28.5 Å². The van der Waals surface area contributed by atoms with Gasteiger partial charge in [-0.3, -0.25) is 0 Å².